The summed E-state index contributed by atoms with van der Waals surface area (Å²) in [6.45, 7) is 14.0. The SMILES string of the molecule is C=CC(=O)NCCCCOCC(=O)[C@H]1CC[C@H]2[C@@H]3CCC4=CC(=O)CC[C@]4(C)[C@H]3C(OCCCCNC(=O)C=C)C[C@]12C. The highest BCUT2D eigenvalue weighted by atomic mass is 16.5. The molecule has 0 heterocycles. The van der Waals surface area contributed by atoms with Crippen molar-refractivity contribution in [3.63, 3.8) is 0 Å². The number of carbonyl (C=O) groups excluding carboxylic acids is 4. The molecule has 8 heteroatoms. The van der Waals surface area contributed by atoms with E-state index < -0.39 is 0 Å². The smallest absolute Gasteiger partial charge is 0.243 e. The molecule has 3 fully saturated rings. The van der Waals surface area contributed by atoms with E-state index in [9.17, 15) is 19.2 Å². The predicted molar refractivity (Wildman–Crippen MR) is 166 cm³/mol. The molecule has 7 atom stereocenters. The lowest BCUT2D eigenvalue weighted by Crippen LogP contribution is -2.57. The summed E-state index contributed by atoms with van der Waals surface area (Å²) >= 11 is 0. The Kier molecular flexibility index (Phi) is 11.6. The highest BCUT2D eigenvalue weighted by Gasteiger charge is 2.63. The van der Waals surface area contributed by atoms with E-state index in [0.717, 1.165) is 64.2 Å². The van der Waals surface area contributed by atoms with E-state index in [-0.39, 0.29) is 52.8 Å². The van der Waals surface area contributed by atoms with Gasteiger partial charge in [0.15, 0.2) is 11.6 Å². The third-order valence-electron chi connectivity index (χ3n) is 11.1. The first kappa shape index (κ1) is 33.3. The highest BCUT2D eigenvalue weighted by Crippen LogP contribution is 2.67. The van der Waals surface area contributed by atoms with Gasteiger partial charge in [-0.25, -0.2) is 0 Å². The molecule has 8 nitrogen and oxygen atoms in total. The average Bonchev–Trinajstić information content (AvgIpc) is 3.34. The van der Waals surface area contributed by atoms with Crippen molar-refractivity contribution in [3.8, 4) is 0 Å². The molecule has 4 rings (SSSR count). The molecule has 4 aliphatic carbocycles. The molecule has 0 aromatic carbocycles. The lowest BCUT2D eigenvalue weighted by molar-refractivity contribution is -0.160. The van der Waals surface area contributed by atoms with Gasteiger partial charge >= 0.3 is 0 Å². The van der Waals surface area contributed by atoms with E-state index >= 15 is 0 Å². The number of ether oxygens (including phenoxy) is 2. The number of nitrogens with one attached hydrogen (secondary N) is 2. The number of hydrogen-bond acceptors (Lipinski definition) is 6. The Morgan fingerprint density at radius 2 is 1.63 bits per heavy atom. The molecular weight excluding hydrogens is 544 g/mol. The third-order valence-corrected chi connectivity index (χ3v) is 11.1. The molecule has 0 bridgehead atoms. The molecule has 0 aromatic heterocycles. The fraction of sp³-hybridized carbons (Fsp3) is 0.714. The van der Waals surface area contributed by atoms with Gasteiger partial charge in [-0.2, -0.15) is 0 Å². The van der Waals surface area contributed by atoms with Crippen LogP contribution in [0.5, 0.6) is 0 Å². The normalized spacial score (nSPS) is 32.9. The minimum absolute atomic E-state index is 0.0241. The van der Waals surface area contributed by atoms with Crippen LogP contribution in [0, 0.1) is 34.5 Å². The average molecular weight is 597 g/mol. The van der Waals surface area contributed by atoms with Crippen LogP contribution in [-0.2, 0) is 28.7 Å². The number of carbonyl (C=O) groups is 4. The first-order chi connectivity index (χ1) is 20.6. The summed E-state index contributed by atoms with van der Waals surface area (Å²) < 4.78 is 12.6. The van der Waals surface area contributed by atoms with Gasteiger partial charge in [0.2, 0.25) is 11.8 Å². The largest absolute Gasteiger partial charge is 0.378 e. The lowest BCUT2D eigenvalue weighted by atomic mass is 9.46. The Bertz CT molecular complexity index is 1100. The number of unbranched alkanes of at least 4 members (excludes halogenated alkanes) is 2. The van der Waals surface area contributed by atoms with Crippen LogP contribution in [0.4, 0.5) is 0 Å². The Morgan fingerprint density at radius 1 is 0.953 bits per heavy atom. The molecule has 0 aliphatic heterocycles. The second-order valence-corrected chi connectivity index (χ2v) is 13.6. The van der Waals surface area contributed by atoms with E-state index in [1.54, 1.807) is 0 Å². The van der Waals surface area contributed by atoms with Crippen LogP contribution in [0.3, 0.4) is 0 Å². The fourth-order valence-electron chi connectivity index (χ4n) is 8.97. The van der Waals surface area contributed by atoms with Gasteiger partial charge in [0.25, 0.3) is 0 Å². The summed E-state index contributed by atoms with van der Waals surface area (Å²) in [6, 6.07) is 0. The molecule has 238 valence electrons. The van der Waals surface area contributed by atoms with Crippen molar-refractivity contribution in [2.75, 3.05) is 32.9 Å². The molecule has 2 amide bonds. The molecule has 2 N–H and O–H groups in total. The van der Waals surface area contributed by atoms with Gasteiger partial charge in [0.05, 0.1) is 6.10 Å². The molecule has 0 spiro atoms. The maximum absolute atomic E-state index is 13.6. The number of allylic oxidation sites excluding steroid dienone is 1. The van der Waals surface area contributed by atoms with Crippen LogP contribution in [0.15, 0.2) is 37.0 Å². The maximum Gasteiger partial charge on any atom is 0.243 e. The van der Waals surface area contributed by atoms with Gasteiger partial charge in [-0.05, 0) is 111 Å². The van der Waals surface area contributed by atoms with E-state index in [4.69, 9.17) is 9.47 Å². The van der Waals surface area contributed by atoms with Crippen molar-refractivity contribution in [2.24, 2.45) is 34.5 Å². The minimum Gasteiger partial charge on any atom is -0.378 e. The quantitative estimate of drug-likeness (QED) is 0.194. The van der Waals surface area contributed by atoms with Crippen molar-refractivity contribution in [2.45, 2.75) is 90.6 Å². The summed E-state index contributed by atoms with van der Waals surface area (Å²) in [6.07, 6.45) is 14.0. The van der Waals surface area contributed by atoms with Crippen molar-refractivity contribution >= 4 is 23.4 Å². The summed E-state index contributed by atoms with van der Waals surface area (Å²) in [5, 5.41) is 5.60. The van der Waals surface area contributed by atoms with E-state index in [1.807, 2.05) is 6.08 Å². The Hall–Kier alpha value is -2.58. The fourth-order valence-corrected chi connectivity index (χ4v) is 8.97. The summed E-state index contributed by atoms with van der Waals surface area (Å²) in [4.78, 5) is 48.8. The lowest BCUT2D eigenvalue weighted by Gasteiger charge is -2.60. The number of rotatable bonds is 16. The Morgan fingerprint density at radius 3 is 2.30 bits per heavy atom. The molecule has 0 aromatic rings. The zero-order valence-electron chi connectivity index (χ0n) is 26.3. The van der Waals surface area contributed by atoms with Gasteiger partial charge in [-0.3, -0.25) is 19.2 Å². The summed E-state index contributed by atoms with van der Waals surface area (Å²) in [5.41, 5.74) is 1.12. The molecular formula is C35H52N2O6. The predicted octanol–water partition coefficient (Wildman–Crippen LogP) is 4.88. The first-order valence-electron chi connectivity index (χ1n) is 16.4. The number of ketones is 2. The van der Waals surface area contributed by atoms with Crippen LogP contribution in [0.2, 0.25) is 0 Å². The molecule has 4 aliphatic rings. The van der Waals surface area contributed by atoms with Gasteiger partial charge in [-0.15, -0.1) is 0 Å². The van der Waals surface area contributed by atoms with Crippen molar-refractivity contribution in [3.05, 3.63) is 37.0 Å². The summed E-state index contributed by atoms with van der Waals surface area (Å²) in [5.74, 6) is 1.35. The van der Waals surface area contributed by atoms with Crippen molar-refractivity contribution in [1.82, 2.24) is 10.6 Å². The third kappa shape index (κ3) is 7.56. The number of hydrogen-bond donors (Lipinski definition) is 2. The monoisotopic (exact) mass is 596 g/mol. The van der Waals surface area contributed by atoms with Gasteiger partial charge in [-0.1, -0.05) is 32.6 Å². The Labute approximate surface area is 257 Å². The molecule has 43 heavy (non-hydrogen) atoms. The van der Waals surface area contributed by atoms with Crippen LogP contribution in [-0.4, -0.2) is 62.4 Å². The van der Waals surface area contributed by atoms with E-state index in [2.05, 4.69) is 37.6 Å². The van der Waals surface area contributed by atoms with E-state index in [1.165, 1.54) is 17.7 Å². The second-order valence-electron chi connectivity index (χ2n) is 13.6. The zero-order valence-corrected chi connectivity index (χ0v) is 26.3. The zero-order chi connectivity index (χ0) is 31.0. The Balaban J connectivity index is 1.40. The highest BCUT2D eigenvalue weighted by molar-refractivity contribution is 5.91. The first-order valence-corrected chi connectivity index (χ1v) is 16.4. The minimum atomic E-state index is -0.176. The molecule has 3 saturated carbocycles. The second kappa shape index (κ2) is 14.9. The standard InChI is InChI=1S/C35H52N2O6/c1-5-31(40)36-17-7-9-19-42-23-29(39)28-14-13-27-26-12-11-24-21-25(38)15-16-34(24,3)33(26)30(22-35(27,28)4)43-20-10-8-18-37-32(41)6-2/h5-6,21,26-28,30,33H,1-2,7-20,22-23H2,3-4H3,(H,36,40)(H,37,41)/t26-,27-,28+,30?,33+,34-,35-/m0/s1. The van der Waals surface area contributed by atoms with Gasteiger partial charge in [0.1, 0.15) is 6.61 Å². The number of amides is 2. The number of Topliss-reactive ketones (excluding diaryl/α,β-unsaturated/α-hetero) is 1. The van der Waals surface area contributed by atoms with Crippen molar-refractivity contribution in [1.29, 1.82) is 0 Å². The maximum atomic E-state index is 13.6. The summed E-state index contributed by atoms with van der Waals surface area (Å²) in [7, 11) is 0. The topological polar surface area (TPSA) is 111 Å². The van der Waals surface area contributed by atoms with Crippen LogP contribution >= 0.6 is 0 Å². The van der Waals surface area contributed by atoms with E-state index in [0.29, 0.717) is 50.5 Å². The van der Waals surface area contributed by atoms with Gasteiger partial charge in [0, 0.05) is 38.6 Å². The van der Waals surface area contributed by atoms with Crippen LogP contribution < -0.4 is 10.6 Å². The molecule has 0 radical (unpaired) electrons. The van der Waals surface area contributed by atoms with Crippen molar-refractivity contribution < 1.29 is 28.7 Å². The van der Waals surface area contributed by atoms with Gasteiger partial charge < -0.3 is 20.1 Å². The van der Waals surface area contributed by atoms with Crippen LogP contribution in [0.25, 0.3) is 0 Å². The van der Waals surface area contributed by atoms with Crippen LogP contribution in [0.1, 0.15) is 84.5 Å². The molecule has 0 saturated heterocycles. The number of fused-ring (bicyclic) bond motifs is 5. The molecule has 1 unspecified atom stereocenters.